The molecule has 0 atom stereocenters. The molecular weight excluding hydrogens is 270 g/mol. The highest BCUT2D eigenvalue weighted by Crippen LogP contribution is 2.18. The number of aromatic nitrogens is 2. The van der Waals surface area contributed by atoms with Gasteiger partial charge in [-0.2, -0.15) is 0 Å². The van der Waals surface area contributed by atoms with Crippen molar-refractivity contribution in [2.24, 2.45) is 5.73 Å². The number of nitrogens with zero attached hydrogens (tertiary/aromatic N) is 2. The molecule has 0 bridgehead atoms. The van der Waals surface area contributed by atoms with Crippen LogP contribution in [-0.2, 0) is 16.1 Å². The highest BCUT2D eigenvalue weighted by atomic mass is 16.2. The van der Waals surface area contributed by atoms with Crippen LogP contribution in [0.25, 0.3) is 0 Å². The van der Waals surface area contributed by atoms with Crippen LogP contribution in [-0.4, -0.2) is 40.0 Å². The van der Waals surface area contributed by atoms with Gasteiger partial charge >= 0.3 is 0 Å². The normalized spacial score (nSPS) is 21.8. The maximum absolute atomic E-state index is 11.9. The van der Waals surface area contributed by atoms with Crippen LogP contribution in [0, 0.1) is 0 Å². The van der Waals surface area contributed by atoms with E-state index < -0.39 is 0 Å². The monoisotopic (exact) mass is 293 g/mol. The molecule has 2 amide bonds. The number of rotatable bonds is 6. The summed E-state index contributed by atoms with van der Waals surface area (Å²) in [6.45, 7) is 0.679. The average Bonchev–Trinajstić information content (AvgIpc) is 2.94. The van der Waals surface area contributed by atoms with Gasteiger partial charge in [-0.15, -0.1) is 0 Å². The summed E-state index contributed by atoms with van der Waals surface area (Å²) < 4.78 is 1.74. The molecule has 0 unspecified atom stereocenters. The van der Waals surface area contributed by atoms with Gasteiger partial charge in [0.1, 0.15) is 6.54 Å². The highest BCUT2D eigenvalue weighted by molar-refractivity contribution is 5.76. The first-order valence-electron chi connectivity index (χ1n) is 7.42. The lowest BCUT2D eigenvalue weighted by Crippen LogP contribution is -2.44. The zero-order valence-corrected chi connectivity index (χ0v) is 12.1. The van der Waals surface area contributed by atoms with Crippen LogP contribution < -0.4 is 16.4 Å². The predicted octanol–water partition coefficient (Wildman–Crippen LogP) is -0.224. The summed E-state index contributed by atoms with van der Waals surface area (Å²) in [6, 6.07) is 0.412. The molecule has 7 nitrogen and oxygen atoms in total. The Morgan fingerprint density at radius 2 is 1.76 bits per heavy atom. The number of hydrogen-bond donors (Lipinski definition) is 3. The van der Waals surface area contributed by atoms with Gasteiger partial charge in [-0.1, -0.05) is 0 Å². The Hall–Kier alpha value is -1.89. The summed E-state index contributed by atoms with van der Waals surface area (Å²) in [5.74, 6) is 0.0220. The van der Waals surface area contributed by atoms with Crippen LogP contribution in [0.15, 0.2) is 18.7 Å². The lowest BCUT2D eigenvalue weighted by molar-refractivity contribution is -0.123. The molecule has 1 aromatic rings. The van der Waals surface area contributed by atoms with E-state index in [4.69, 9.17) is 5.73 Å². The van der Waals surface area contributed by atoms with Gasteiger partial charge in [0, 0.05) is 37.4 Å². The fraction of sp³-hybridized carbons (Fsp3) is 0.643. The lowest BCUT2D eigenvalue weighted by Gasteiger charge is -2.29. The average molecular weight is 293 g/mol. The maximum atomic E-state index is 11.9. The number of carbonyl (C=O) groups excluding carboxylic acids is 2. The van der Waals surface area contributed by atoms with Crippen LogP contribution >= 0.6 is 0 Å². The number of amides is 2. The van der Waals surface area contributed by atoms with Gasteiger partial charge < -0.3 is 20.9 Å². The van der Waals surface area contributed by atoms with Crippen LogP contribution in [0.5, 0.6) is 0 Å². The Bertz CT molecular complexity index is 452. The minimum Gasteiger partial charge on any atom is -0.353 e. The maximum Gasteiger partial charge on any atom is 0.240 e. The number of carbonyl (C=O) groups is 2. The molecule has 1 aromatic heterocycles. The Morgan fingerprint density at radius 1 is 1.14 bits per heavy atom. The SMILES string of the molecule is NCCC(=O)NC1CCC(NC(=O)Cn2ccnc2)CC1. The van der Waals surface area contributed by atoms with E-state index in [0.29, 0.717) is 19.5 Å². The van der Waals surface area contributed by atoms with E-state index >= 15 is 0 Å². The van der Waals surface area contributed by atoms with Crippen molar-refractivity contribution >= 4 is 11.8 Å². The van der Waals surface area contributed by atoms with Crippen molar-refractivity contribution in [3.05, 3.63) is 18.7 Å². The Morgan fingerprint density at radius 3 is 2.29 bits per heavy atom. The number of hydrogen-bond acceptors (Lipinski definition) is 4. The molecule has 1 fully saturated rings. The first kappa shape index (κ1) is 15.5. The molecule has 2 rings (SSSR count). The van der Waals surface area contributed by atoms with Crippen LogP contribution in [0.1, 0.15) is 32.1 Å². The van der Waals surface area contributed by atoms with Gasteiger partial charge in [-0.05, 0) is 25.7 Å². The van der Waals surface area contributed by atoms with E-state index in [9.17, 15) is 9.59 Å². The van der Waals surface area contributed by atoms with E-state index in [2.05, 4.69) is 15.6 Å². The molecule has 0 spiro atoms. The van der Waals surface area contributed by atoms with Crippen molar-refractivity contribution in [2.75, 3.05) is 6.54 Å². The fourth-order valence-electron chi connectivity index (χ4n) is 2.63. The zero-order valence-electron chi connectivity index (χ0n) is 12.1. The molecule has 0 aliphatic heterocycles. The largest absolute Gasteiger partial charge is 0.353 e. The van der Waals surface area contributed by atoms with Crippen LogP contribution in [0.2, 0.25) is 0 Å². The van der Waals surface area contributed by atoms with E-state index in [1.165, 1.54) is 0 Å². The Labute approximate surface area is 124 Å². The van der Waals surface area contributed by atoms with Gasteiger partial charge in [0.15, 0.2) is 0 Å². The summed E-state index contributed by atoms with van der Waals surface area (Å²) in [7, 11) is 0. The summed E-state index contributed by atoms with van der Waals surface area (Å²) >= 11 is 0. The summed E-state index contributed by atoms with van der Waals surface area (Å²) in [6.07, 6.45) is 9.00. The predicted molar refractivity (Wildman–Crippen MR) is 78.2 cm³/mol. The molecule has 4 N–H and O–H groups in total. The zero-order chi connectivity index (χ0) is 15.1. The summed E-state index contributed by atoms with van der Waals surface area (Å²) in [5.41, 5.74) is 5.35. The van der Waals surface area contributed by atoms with E-state index in [1.807, 2.05) is 0 Å². The molecule has 1 saturated carbocycles. The van der Waals surface area contributed by atoms with E-state index in [-0.39, 0.29) is 23.9 Å². The second kappa shape index (κ2) is 7.78. The molecular formula is C14H23N5O2. The third-order valence-corrected chi connectivity index (χ3v) is 3.71. The van der Waals surface area contributed by atoms with Gasteiger partial charge in [0.2, 0.25) is 11.8 Å². The lowest BCUT2D eigenvalue weighted by atomic mass is 9.91. The van der Waals surface area contributed by atoms with Gasteiger partial charge in [0.25, 0.3) is 0 Å². The second-order valence-electron chi connectivity index (χ2n) is 5.46. The summed E-state index contributed by atoms with van der Waals surface area (Å²) in [4.78, 5) is 27.3. The van der Waals surface area contributed by atoms with E-state index in [0.717, 1.165) is 25.7 Å². The number of nitrogens with two attached hydrogens (primary N) is 1. The molecule has 0 saturated heterocycles. The standard InChI is InChI=1S/C14H23N5O2/c15-6-5-13(20)17-11-1-3-12(4-2-11)18-14(21)9-19-8-7-16-10-19/h7-8,10-12H,1-6,9,15H2,(H,17,20)(H,18,21). The van der Waals surface area contributed by atoms with Crippen LogP contribution in [0.3, 0.4) is 0 Å². The number of nitrogens with one attached hydrogen (secondary N) is 2. The highest BCUT2D eigenvalue weighted by Gasteiger charge is 2.23. The molecule has 116 valence electrons. The van der Waals surface area contributed by atoms with Crippen molar-refractivity contribution in [1.29, 1.82) is 0 Å². The topological polar surface area (TPSA) is 102 Å². The van der Waals surface area contributed by atoms with Crippen molar-refractivity contribution in [3.8, 4) is 0 Å². The minimum absolute atomic E-state index is 0.00335. The Kier molecular flexibility index (Phi) is 5.74. The molecule has 1 heterocycles. The van der Waals surface area contributed by atoms with E-state index in [1.54, 1.807) is 23.3 Å². The molecule has 0 aromatic carbocycles. The fourth-order valence-corrected chi connectivity index (χ4v) is 2.63. The molecule has 1 aliphatic rings. The van der Waals surface area contributed by atoms with Crippen molar-refractivity contribution in [1.82, 2.24) is 20.2 Å². The second-order valence-corrected chi connectivity index (χ2v) is 5.46. The first-order valence-corrected chi connectivity index (χ1v) is 7.42. The van der Waals surface area contributed by atoms with Crippen molar-refractivity contribution in [3.63, 3.8) is 0 Å². The van der Waals surface area contributed by atoms with Crippen molar-refractivity contribution in [2.45, 2.75) is 50.7 Å². The third kappa shape index (κ3) is 5.18. The third-order valence-electron chi connectivity index (χ3n) is 3.71. The van der Waals surface area contributed by atoms with Gasteiger partial charge in [-0.25, -0.2) is 4.98 Å². The Balaban J connectivity index is 1.66. The quantitative estimate of drug-likeness (QED) is 0.674. The number of imidazole rings is 1. The summed E-state index contributed by atoms with van der Waals surface area (Å²) in [5, 5.41) is 6.02. The van der Waals surface area contributed by atoms with Crippen molar-refractivity contribution < 1.29 is 9.59 Å². The van der Waals surface area contributed by atoms with Gasteiger partial charge in [-0.3, -0.25) is 9.59 Å². The molecule has 21 heavy (non-hydrogen) atoms. The molecule has 1 aliphatic carbocycles. The molecule has 0 radical (unpaired) electrons. The van der Waals surface area contributed by atoms with Crippen LogP contribution in [0.4, 0.5) is 0 Å². The minimum atomic E-state index is 0.00335. The molecule has 7 heteroatoms. The smallest absolute Gasteiger partial charge is 0.240 e. The first-order chi connectivity index (χ1) is 10.2. The van der Waals surface area contributed by atoms with Gasteiger partial charge in [0.05, 0.1) is 6.33 Å².